The molecule has 1 N–H and O–H groups in total. The molecule has 1 atom stereocenters. The zero-order chi connectivity index (χ0) is 33.7. The van der Waals surface area contributed by atoms with Gasteiger partial charge in [-0.15, -0.1) is 11.8 Å². The number of benzene rings is 1. The minimum Gasteiger partial charge on any atom is -0.444 e. The fraction of sp³-hybridized carbons (Fsp3) is 0.622. The average Bonchev–Trinajstić information content (AvgIpc) is 3.59. The topological polar surface area (TPSA) is 102 Å². The normalized spacial score (nSPS) is 19.2. The molecule has 0 radical (unpaired) electrons. The highest BCUT2D eigenvalue weighted by Crippen LogP contribution is 2.44. The SMILES string of the molecule is CN(C(=O)CC#N)C(c1ccc(CN2CCC(N3CCC(CNc4ncc(SCc5ncc(C(C)(C)C)o5)s4)CC3)CC2)cc1)C1CC1. The van der Waals surface area contributed by atoms with Crippen molar-refractivity contribution in [3.8, 4) is 6.07 Å². The number of anilines is 1. The first kappa shape index (κ1) is 34.9. The maximum Gasteiger partial charge on any atom is 0.237 e. The Bertz CT molecular complexity index is 1520. The van der Waals surface area contributed by atoms with Crippen molar-refractivity contribution in [1.29, 1.82) is 5.26 Å². The molecule has 3 fully saturated rings. The summed E-state index contributed by atoms with van der Waals surface area (Å²) in [5.74, 6) is 3.53. The molecule has 1 aromatic carbocycles. The molecule has 11 heteroatoms. The number of piperidine rings is 2. The van der Waals surface area contributed by atoms with Crippen LogP contribution in [0.1, 0.15) is 94.5 Å². The molecule has 3 aromatic rings. The molecule has 2 saturated heterocycles. The second-order valence-electron chi connectivity index (χ2n) is 14.9. The Hall–Kier alpha value is -2.91. The third kappa shape index (κ3) is 9.20. The largest absolute Gasteiger partial charge is 0.444 e. The van der Waals surface area contributed by atoms with Gasteiger partial charge in [0.05, 0.1) is 34.5 Å². The van der Waals surface area contributed by atoms with Crippen LogP contribution in [0.4, 0.5) is 5.13 Å². The summed E-state index contributed by atoms with van der Waals surface area (Å²) in [7, 11) is 1.85. The van der Waals surface area contributed by atoms with Gasteiger partial charge < -0.3 is 19.5 Å². The molecule has 48 heavy (non-hydrogen) atoms. The number of carbonyl (C=O) groups excluding carboxylic acids is 1. The monoisotopic (exact) mass is 689 g/mol. The fourth-order valence-corrected chi connectivity index (χ4v) is 8.84. The highest BCUT2D eigenvalue weighted by Gasteiger charge is 2.37. The van der Waals surface area contributed by atoms with E-state index in [0.717, 1.165) is 61.6 Å². The lowest BCUT2D eigenvalue weighted by atomic mass is 9.93. The Morgan fingerprint density at radius 2 is 1.81 bits per heavy atom. The van der Waals surface area contributed by atoms with E-state index in [2.05, 4.69) is 70.1 Å². The van der Waals surface area contributed by atoms with Crippen molar-refractivity contribution in [2.24, 2.45) is 11.8 Å². The van der Waals surface area contributed by atoms with Crippen molar-refractivity contribution in [2.75, 3.05) is 45.1 Å². The molecule has 3 aliphatic rings. The second-order valence-corrected chi connectivity index (χ2v) is 17.2. The van der Waals surface area contributed by atoms with Crippen LogP contribution in [-0.4, -0.2) is 76.4 Å². The lowest BCUT2D eigenvalue weighted by Crippen LogP contribution is -2.48. The third-order valence-electron chi connectivity index (χ3n) is 10.2. The summed E-state index contributed by atoms with van der Waals surface area (Å²) in [6.07, 6.45) is 11.0. The van der Waals surface area contributed by atoms with Crippen molar-refractivity contribution in [3.63, 3.8) is 0 Å². The lowest BCUT2D eigenvalue weighted by molar-refractivity contribution is -0.131. The number of thiazole rings is 1. The van der Waals surface area contributed by atoms with Crippen LogP contribution < -0.4 is 5.32 Å². The van der Waals surface area contributed by atoms with E-state index in [1.54, 1.807) is 28.0 Å². The molecule has 9 nitrogen and oxygen atoms in total. The zero-order valence-electron chi connectivity index (χ0n) is 29.0. The van der Waals surface area contributed by atoms with Crippen molar-refractivity contribution in [3.05, 3.63) is 59.4 Å². The molecule has 258 valence electrons. The van der Waals surface area contributed by atoms with Gasteiger partial charge in [0.1, 0.15) is 12.2 Å². The number of nitriles is 1. The molecule has 1 unspecified atom stereocenters. The van der Waals surface area contributed by atoms with Gasteiger partial charge in [0, 0.05) is 31.6 Å². The van der Waals surface area contributed by atoms with Crippen LogP contribution in [0.15, 0.2) is 45.3 Å². The number of nitrogens with zero attached hydrogens (tertiary/aromatic N) is 6. The molecule has 2 aliphatic heterocycles. The fourth-order valence-electron chi connectivity index (χ4n) is 7.11. The number of nitrogens with one attached hydrogen (secondary N) is 1. The summed E-state index contributed by atoms with van der Waals surface area (Å²) in [6, 6.07) is 11.7. The van der Waals surface area contributed by atoms with Crippen molar-refractivity contribution in [2.45, 2.75) is 99.7 Å². The summed E-state index contributed by atoms with van der Waals surface area (Å²) in [5.41, 5.74) is 2.50. The number of thioether (sulfide) groups is 1. The van der Waals surface area contributed by atoms with E-state index < -0.39 is 0 Å². The molecule has 6 rings (SSSR count). The second kappa shape index (κ2) is 15.8. The van der Waals surface area contributed by atoms with Gasteiger partial charge in [-0.1, -0.05) is 56.4 Å². The minimum atomic E-state index is -0.0862. The lowest BCUT2D eigenvalue weighted by Gasteiger charge is -2.42. The van der Waals surface area contributed by atoms with Gasteiger partial charge in [-0.25, -0.2) is 9.97 Å². The van der Waals surface area contributed by atoms with E-state index >= 15 is 0 Å². The molecule has 1 saturated carbocycles. The van der Waals surface area contributed by atoms with Crippen LogP contribution >= 0.6 is 23.1 Å². The van der Waals surface area contributed by atoms with Gasteiger partial charge in [0.15, 0.2) is 5.13 Å². The number of likely N-dealkylation sites (tertiary alicyclic amines) is 2. The summed E-state index contributed by atoms with van der Waals surface area (Å²) in [5, 5.41) is 13.6. The van der Waals surface area contributed by atoms with Crippen molar-refractivity contribution in [1.82, 2.24) is 24.7 Å². The van der Waals surface area contributed by atoms with E-state index in [4.69, 9.17) is 9.68 Å². The minimum absolute atomic E-state index is 0.0237. The number of carbonyl (C=O) groups is 1. The maximum atomic E-state index is 12.4. The van der Waals surface area contributed by atoms with E-state index in [-0.39, 0.29) is 23.8 Å². The molecule has 1 amide bonds. The Morgan fingerprint density at radius 1 is 1.08 bits per heavy atom. The first-order valence-corrected chi connectivity index (χ1v) is 19.4. The van der Waals surface area contributed by atoms with Gasteiger partial charge in [-0.05, 0) is 87.7 Å². The van der Waals surface area contributed by atoms with Crippen LogP contribution in [0.3, 0.4) is 0 Å². The smallest absolute Gasteiger partial charge is 0.237 e. The van der Waals surface area contributed by atoms with Crippen LogP contribution in [0.5, 0.6) is 0 Å². The van der Waals surface area contributed by atoms with Gasteiger partial charge in [0.2, 0.25) is 11.8 Å². The molecule has 4 heterocycles. The zero-order valence-corrected chi connectivity index (χ0v) is 30.6. The number of hydrogen-bond donors (Lipinski definition) is 1. The molecule has 2 aromatic heterocycles. The van der Waals surface area contributed by atoms with Gasteiger partial charge in [-0.2, -0.15) is 5.26 Å². The first-order chi connectivity index (χ1) is 23.2. The van der Waals surface area contributed by atoms with Crippen LogP contribution in [0.25, 0.3) is 0 Å². The van der Waals surface area contributed by atoms with Gasteiger partial charge in [0.25, 0.3) is 0 Å². The summed E-state index contributed by atoms with van der Waals surface area (Å²) >= 11 is 3.45. The van der Waals surface area contributed by atoms with E-state index in [0.29, 0.717) is 17.9 Å². The van der Waals surface area contributed by atoms with Crippen LogP contribution in [0.2, 0.25) is 0 Å². The molecule has 0 spiro atoms. The predicted molar refractivity (Wildman–Crippen MR) is 193 cm³/mol. The summed E-state index contributed by atoms with van der Waals surface area (Å²) in [6.45, 7) is 13.1. The Balaban J connectivity index is 0.881. The van der Waals surface area contributed by atoms with Crippen molar-refractivity contribution < 1.29 is 9.21 Å². The highest BCUT2D eigenvalue weighted by atomic mass is 32.2. The number of oxazole rings is 1. The molecular weight excluding hydrogens is 639 g/mol. The van der Waals surface area contributed by atoms with Gasteiger partial charge in [-0.3, -0.25) is 9.69 Å². The number of hydrogen-bond acceptors (Lipinski definition) is 10. The molecular formula is C37H51N7O2S2. The van der Waals surface area contributed by atoms with Crippen LogP contribution in [0, 0.1) is 23.2 Å². The number of aromatic nitrogens is 2. The standard InChI is InChI=1S/C37H51N7O2S2/c1-37(2,3)31-22-39-32(46-31)25-47-34-23-41-36(48-34)40-21-26-12-19-44(20-13-26)30-14-17-43(18-15-30)24-27-5-7-28(8-6-27)35(29-9-10-29)42(4)33(45)11-16-38/h5-8,22-23,26,29-30,35H,9-15,17-21,24-25H2,1-4H3,(H,40,41). The summed E-state index contributed by atoms with van der Waals surface area (Å²) in [4.78, 5) is 28.6. The predicted octanol–water partition coefficient (Wildman–Crippen LogP) is 7.33. The first-order valence-electron chi connectivity index (χ1n) is 17.6. The Morgan fingerprint density at radius 3 is 2.46 bits per heavy atom. The molecule has 0 bridgehead atoms. The third-order valence-corrected chi connectivity index (χ3v) is 12.4. The van der Waals surface area contributed by atoms with E-state index in [1.165, 1.54) is 54.1 Å². The Labute approximate surface area is 294 Å². The summed E-state index contributed by atoms with van der Waals surface area (Å²) < 4.78 is 7.12. The van der Waals surface area contributed by atoms with Gasteiger partial charge >= 0.3 is 0 Å². The van der Waals surface area contributed by atoms with Crippen molar-refractivity contribution >= 4 is 34.1 Å². The highest BCUT2D eigenvalue weighted by molar-refractivity contribution is 8.00. The van der Waals surface area contributed by atoms with E-state index in [1.807, 2.05) is 25.5 Å². The Kier molecular flexibility index (Phi) is 11.5. The molecule has 1 aliphatic carbocycles. The average molecular weight is 690 g/mol. The van der Waals surface area contributed by atoms with E-state index in [9.17, 15) is 4.79 Å². The number of rotatable bonds is 13. The van der Waals surface area contributed by atoms with Crippen LogP contribution in [-0.2, 0) is 22.5 Å². The quantitative estimate of drug-likeness (QED) is 0.185. The maximum absolute atomic E-state index is 12.4. The number of amides is 1.